The van der Waals surface area contributed by atoms with E-state index in [1.165, 1.54) is 22.5 Å². The smallest absolute Gasteiger partial charge is 0.368 e. The zero-order chi connectivity index (χ0) is 14.9. The lowest BCUT2D eigenvalue weighted by Gasteiger charge is -2.05. The zero-order valence-electron chi connectivity index (χ0n) is 10.8. The molecule has 0 aliphatic heterocycles. The predicted molar refractivity (Wildman–Crippen MR) is 74.5 cm³/mol. The van der Waals surface area contributed by atoms with Gasteiger partial charge in [-0.15, -0.1) is 0 Å². The van der Waals surface area contributed by atoms with Gasteiger partial charge in [0.05, 0.1) is 0 Å². The second kappa shape index (κ2) is 5.36. The summed E-state index contributed by atoms with van der Waals surface area (Å²) in [6, 6.07) is 3.01. The van der Waals surface area contributed by atoms with E-state index in [0.717, 1.165) is 12.5 Å². The summed E-state index contributed by atoms with van der Waals surface area (Å²) in [5, 5.41) is 10.6. The molecule has 0 aliphatic rings. The molecule has 0 fully saturated rings. The standard InChI is InChI=1S/C13H11F3N4S/c14-13(15,16)11-7-10-12(18-4-5-20(10)19-11)17-3-1-9-2-6-21-8-9/h2,4-8H,1,3H2,(H,17,18). The summed E-state index contributed by atoms with van der Waals surface area (Å²) < 4.78 is 39.2. The Kier molecular flexibility index (Phi) is 3.54. The summed E-state index contributed by atoms with van der Waals surface area (Å²) in [4.78, 5) is 4.08. The number of nitrogens with zero attached hydrogens (tertiary/aromatic N) is 3. The third-order valence-corrected chi connectivity index (χ3v) is 3.70. The number of nitrogens with one attached hydrogen (secondary N) is 1. The maximum absolute atomic E-state index is 12.7. The maximum atomic E-state index is 12.7. The fraction of sp³-hybridized carbons (Fsp3) is 0.231. The number of rotatable bonds is 4. The Bertz CT molecular complexity index is 734. The van der Waals surface area contributed by atoms with E-state index in [-0.39, 0.29) is 0 Å². The third kappa shape index (κ3) is 2.99. The molecule has 0 radical (unpaired) electrons. The van der Waals surface area contributed by atoms with Crippen molar-refractivity contribution in [2.24, 2.45) is 0 Å². The Morgan fingerprint density at radius 3 is 2.90 bits per heavy atom. The average molecular weight is 312 g/mol. The summed E-state index contributed by atoms with van der Waals surface area (Å²) in [5.74, 6) is 0.399. The third-order valence-electron chi connectivity index (χ3n) is 2.97. The minimum absolute atomic E-state index is 0.315. The SMILES string of the molecule is FC(F)(F)c1cc2c(NCCc3ccsc3)nccn2n1. The Hall–Kier alpha value is -2.09. The molecule has 3 heterocycles. The number of hydrogen-bond donors (Lipinski definition) is 1. The van der Waals surface area contributed by atoms with E-state index >= 15 is 0 Å². The molecule has 21 heavy (non-hydrogen) atoms. The Morgan fingerprint density at radius 2 is 2.19 bits per heavy atom. The van der Waals surface area contributed by atoms with Gasteiger partial charge in [-0.1, -0.05) is 0 Å². The van der Waals surface area contributed by atoms with Crippen LogP contribution in [0.4, 0.5) is 19.0 Å². The summed E-state index contributed by atoms with van der Waals surface area (Å²) in [5.41, 5.74) is 0.579. The van der Waals surface area contributed by atoms with E-state index in [0.29, 0.717) is 17.9 Å². The number of fused-ring (bicyclic) bond motifs is 1. The molecular formula is C13H11F3N4S. The summed E-state index contributed by atoms with van der Waals surface area (Å²) in [6.07, 6.45) is -0.853. The molecule has 1 N–H and O–H groups in total. The molecular weight excluding hydrogens is 301 g/mol. The zero-order valence-corrected chi connectivity index (χ0v) is 11.6. The minimum atomic E-state index is -4.46. The quantitative estimate of drug-likeness (QED) is 0.802. The van der Waals surface area contributed by atoms with Crippen LogP contribution >= 0.6 is 11.3 Å². The van der Waals surface area contributed by atoms with Crippen molar-refractivity contribution in [1.82, 2.24) is 14.6 Å². The van der Waals surface area contributed by atoms with E-state index in [1.807, 2.05) is 16.8 Å². The topological polar surface area (TPSA) is 42.2 Å². The molecule has 3 aromatic heterocycles. The van der Waals surface area contributed by atoms with E-state index in [1.54, 1.807) is 11.3 Å². The molecule has 0 bridgehead atoms. The Morgan fingerprint density at radius 1 is 1.33 bits per heavy atom. The van der Waals surface area contributed by atoms with Crippen molar-refractivity contribution < 1.29 is 13.2 Å². The lowest BCUT2D eigenvalue weighted by molar-refractivity contribution is -0.141. The van der Waals surface area contributed by atoms with Gasteiger partial charge in [-0.2, -0.15) is 29.6 Å². The molecule has 0 saturated heterocycles. The van der Waals surface area contributed by atoms with Crippen LogP contribution in [0.2, 0.25) is 0 Å². The number of halogens is 3. The van der Waals surface area contributed by atoms with Crippen LogP contribution in [0.5, 0.6) is 0 Å². The van der Waals surface area contributed by atoms with Gasteiger partial charge in [0.2, 0.25) is 0 Å². The molecule has 8 heteroatoms. The number of alkyl halides is 3. The van der Waals surface area contributed by atoms with Crippen LogP contribution in [-0.4, -0.2) is 21.1 Å². The molecule has 0 amide bonds. The van der Waals surface area contributed by atoms with Crippen LogP contribution in [0.1, 0.15) is 11.3 Å². The van der Waals surface area contributed by atoms with Gasteiger partial charge in [0.1, 0.15) is 5.52 Å². The van der Waals surface area contributed by atoms with Crippen molar-refractivity contribution in [2.45, 2.75) is 12.6 Å². The van der Waals surface area contributed by atoms with Gasteiger partial charge in [0, 0.05) is 25.0 Å². The van der Waals surface area contributed by atoms with Crippen LogP contribution in [0, 0.1) is 0 Å². The molecule has 0 spiro atoms. The number of aromatic nitrogens is 3. The number of anilines is 1. The van der Waals surface area contributed by atoms with Gasteiger partial charge in [0.15, 0.2) is 11.5 Å². The molecule has 0 unspecified atom stereocenters. The first kappa shape index (κ1) is 13.9. The van der Waals surface area contributed by atoms with Gasteiger partial charge >= 0.3 is 6.18 Å². The van der Waals surface area contributed by atoms with Gasteiger partial charge < -0.3 is 5.32 Å². The molecule has 4 nitrogen and oxygen atoms in total. The highest BCUT2D eigenvalue weighted by molar-refractivity contribution is 7.07. The van der Waals surface area contributed by atoms with Crippen molar-refractivity contribution in [3.05, 3.63) is 46.5 Å². The largest absolute Gasteiger partial charge is 0.435 e. The minimum Gasteiger partial charge on any atom is -0.368 e. The highest BCUT2D eigenvalue weighted by atomic mass is 32.1. The van der Waals surface area contributed by atoms with Gasteiger partial charge in [0.25, 0.3) is 0 Å². The monoisotopic (exact) mass is 312 g/mol. The molecule has 0 aromatic carbocycles. The van der Waals surface area contributed by atoms with Crippen LogP contribution < -0.4 is 5.32 Å². The first-order valence-electron chi connectivity index (χ1n) is 6.20. The Labute approximate surface area is 122 Å². The van der Waals surface area contributed by atoms with Crippen molar-refractivity contribution in [1.29, 1.82) is 0 Å². The fourth-order valence-corrected chi connectivity index (χ4v) is 2.66. The molecule has 0 atom stereocenters. The van der Waals surface area contributed by atoms with Crippen molar-refractivity contribution >= 4 is 22.7 Å². The van der Waals surface area contributed by atoms with Crippen molar-refractivity contribution in [3.8, 4) is 0 Å². The second-order valence-electron chi connectivity index (χ2n) is 4.44. The Balaban J connectivity index is 1.80. The molecule has 0 saturated carbocycles. The van der Waals surface area contributed by atoms with Crippen LogP contribution in [0.15, 0.2) is 35.3 Å². The first-order valence-corrected chi connectivity index (χ1v) is 7.15. The summed E-state index contributed by atoms with van der Waals surface area (Å²) in [7, 11) is 0. The fourth-order valence-electron chi connectivity index (χ4n) is 1.96. The maximum Gasteiger partial charge on any atom is 0.435 e. The normalized spacial score (nSPS) is 12.0. The average Bonchev–Trinajstić information content (AvgIpc) is 3.06. The highest BCUT2D eigenvalue weighted by Crippen LogP contribution is 2.29. The molecule has 110 valence electrons. The lowest BCUT2D eigenvalue weighted by Crippen LogP contribution is -2.07. The molecule has 0 aliphatic carbocycles. The van der Waals surface area contributed by atoms with Crippen molar-refractivity contribution in [2.75, 3.05) is 11.9 Å². The molecule has 3 aromatic rings. The second-order valence-corrected chi connectivity index (χ2v) is 5.22. The van der Waals surface area contributed by atoms with Crippen LogP contribution in [0.3, 0.4) is 0 Å². The summed E-state index contributed by atoms with van der Waals surface area (Å²) in [6.45, 7) is 0.593. The van der Waals surface area contributed by atoms with Crippen LogP contribution in [0.25, 0.3) is 5.52 Å². The van der Waals surface area contributed by atoms with Gasteiger partial charge in [-0.3, -0.25) is 0 Å². The van der Waals surface area contributed by atoms with Gasteiger partial charge in [-0.25, -0.2) is 9.50 Å². The lowest BCUT2D eigenvalue weighted by atomic mass is 10.2. The van der Waals surface area contributed by atoms with E-state index in [4.69, 9.17) is 0 Å². The number of thiophene rings is 1. The summed E-state index contributed by atoms with van der Waals surface area (Å²) >= 11 is 1.61. The van der Waals surface area contributed by atoms with Gasteiger partial charge in [-0.05, 0) is 28.8 Å². The highest BCUT2D eigenvalue weighted by Gasteiger charge is 2.34. The van der Waals surface area contributed by atoms with Crippen LogP contribution in [-0.2, 0) is 12.6 Å². The molecule has 3 rings (SSSR count). The van der Waals surface area contributed by atoms with E-state index in [9.17, 15) is 13.2 Å². The first-order chi connectivity index (χ1) is 10.0. The predicted octanol–water partition coefficient (Wildman–Crippen LogP) is 3.46. The van der Waals surface area contributed by atoms with E-state index in [2.05, 4.69) is 15.4 Å². The van der Waals surface area contributed by atoms with Crippen molar-refractivity contribution in [3.63, 3.8) is 0 Å². The number of hydrogen-bond acceptors (Lipinski definition) is 4. The van der Waals surface area contributed by atoms with E-state index < -0.39 is 11.9 Å².